The number of amides is 1. The molecule has 0 radical (unpaired) electrons. The lowest BCUT2D eigenvalue weighted by molar-refractivity contribution is -0.137. The predicted octanol–water partition coefficient (Wildman–Crippen LogP) is 3.09. The summed E-state index contributed by atoms with van der Waals surface area (Å²) < 4.78 is 39.6. The maximum absolute atomic E-state index is 12.7. The number of fused-ring (bicyclic) bond motifs is 1. The van der Waals surface area contributed by atoms with Crippen LogP contribution in [0.3, 0.4) is 0 Å². The smallest absolute Gasteiger partial charge is 0.396 e. The van der Waals surface area contributed by atoms with Gasteiger partial charge in [0.25, 0.3) is 5.91 Å². The summed E-state index contributed by atoms with van der Waals surface area (Å²) in [6, 6.07) is 4.11. The second-order valence-electron chi connectivity index (χ2n) is 5.59. The Morgan fingerprint density at radius 3 is 2.30 bits per heavy atom. The number of nitrogens with two attached hydrogens (primary N) is 1. The highest BCUT2D eigenvalue weighted by Gasteiger charge is 2.38. The summed E-state index contributed by atoms with van der Waals surface area (Å²) in [6.07, 6.45) is -3.00. The molecule has 2 heterocycles. The van der Waals surface area contributed by atoms with E-state index in [2.05, 4.69) is 5.10 Å². The molecule has 0 saturated carbocycles. The van der Waals surface area contributed by atoms with Crippen molar-refractivity contribution in [1.29, 1.82) is 0 Å². The Morgan fingerprint density at radius 2 is 1.74 bits per heavy atom. The molecule has 5 nitrogen and oxygen atoms in total. The Kier molecular flexibility index (Phi) is 3.35. The highest BCUT2D eigenvalue weighted by Crippen LogP contribution is 2.35. The van der Waals surface area contributed by atoms with Gasteiger partial charge in [0.05, 0.1) is 29.5 Å². The lowest BCUT2D eigenvalue weighted by Crippen LogP contribution is -2.49. The number of alkyl halides is 3. The number of halogens is 3. The molecule has 1 aliphatic rings. The Hall–Kier alpha value is -2.51. The van der Waals surface area contributed by atoms with Crippen molar-refractivity contribution in [3.63, 3.8) is 0 Å². The van der Waals surface area contributed by atoms with E-state index < -0.39 is 11.7 Å². The van der Waals surface area contributed by atoms with Crippen LogP contribution in [-0.2, 0) is 6.18 Å². The number of carbonyl (C=O) groups is 1. The molecule has 0 fully saturated rings. The van der Waals surface area contributed by atoms with Gasteiger partial charge in [0, 0.05) is 5.69 Å². The number of hydrogen-bond donors (Lipinski definition) is 1. The van der Waals surface area contributed by atoms with Crippen LogP contribution in [-0.4, -0.2) is 21.7 Å². The first-order valence-electron chi connectivity index (χ1n) is 7.05. The summed E-state index contributed by atoms with van der Waals surface area (Å²) in [5, 5.41) is 4.11. The quantitative estimate of drug-likeness (QED) is 0.877. The monoisotopic (exact) mass is 324 g/mol. The highest BCUT2D eigenvalue weighted by atomic mass is 19.4. The molecule has 23 heavy (non-hydrogen) atoms. The zero-order valence-electron chi connectivity index (χ0n) is 12.5. The number of aromatic nitrogens is 2. The molecule has 1 aliphatic heterocycles. The van der Waals surface area contributed by atoms with Gasteiger partial charge in [-0.1, -0.05) is 0 Å². The fourth-order valence-corrected chi connectivity index (χ4v) is 2.79. The van der Waals surface area contributed by atoms with Gasteiger partial charge < -0.3 is 10.6 Å². The van der Waals surface area contributed by atoms with E-state index in [9.17, 15) is 18.0 Å². The number of hydrogen-bond acceptors (Lipinski definition) is 3. The highest BCUT2D eigenvalue weighted by molar-refractivity contribution is 6.09. The molecule has 1 aromatic carbocycles. The standard InChI is InChI=1S/C15H15F3N4O/c1-8-9(2)22-13(12(19)7-20-22)14(23)21(8)11-5-3-10(4-6-11)15(16,17)18/h3-9H,19H2,1-2H3/t8-,9-/m1/s1. The molecule has 0 bridgehead atoms. The van der Waals surface area contributed by atoms with E-state index in [0.29, 0.717) is 5.69 Å². The summed E-state index contributed by atoms with van der Waals surface area (Å²) in [5.74, 6) is -0.370. The molecular formula is C15H15F3N4O. The first kappa shape index (κ1) is 15.4. The van der Waals surface area contributed by atoms with Crippen LogP contribution >= 0.6 is 0 Å². The lowest BCUT2D eigenvalue weighted by Gasteiger charge is -2.38. The zero-order chi connectivity index (χ0) is 16.9. The fourth-order valence-electron chi connectivity index (χ4n) is 2.79. The van der Waals surface area contributed by atoms with Crippen molar-refractivity contribution < 1.29 is 18.0 Å². The van der Waals surface area contributed by atoms with Crippen molar-refractivity contribution in [3.05, 3.63) is 41.7 Å². The van der Waals surface area contributed by atoms with Gasteiger partial charge in [-0.2, -0.15) is 18.3 Å². The molecule has 1 aromatic heterocycles. The van der Waals surface area contributed by atoms with Gasteiger partial charge in [-0.15, -0.1) is 0 Å². The minimum Gasteiger partial charge on any atom is -0.396 e. The van der Waals surface area contributed by atoms with Crippen LogP contribution in [0.25, 0.3) is 0 Å². The number of nitrogen functional groups attached to an aromatic ring is 1. The van der Waals surface area contributed by atoms with Crippen LogP contribution in [0, 0.1) is 0 Å². The summed E-state index contributed by atoms with van der Waals surface area (Å²) in [5.41, 5.74) is 5.96. The molecule has 3 rings (SSSR count). The van der Waals surface area contributed by atoms with Gasteiger partial charge in [-0.3, -0.25) is 9.48 Å². The molecule has 2 N–H and O–H groups in total. The molecule has 8 heteroatoms. The van der Waals surface area contributed by atoms with E-state index in [1.807, 2.05) is 13.8 Å². The van der Waals surface area contributed by atoms with Crippen LogP contribution in [0.15, 0.2) is 30.5 Å². The van der Waals surface area contributed by atoms with Gasteiger partial charge in [0.1, 0.15) is 5.69 Å². The molecule has 0 spiro atoms. The van der Waals surface area contributed by atoms with Crippen molar-refractivity contribution in [3.8, 4) is 0 Å². The predicted molar refractivity (Wildman–Crippen MR) is 79.1 cm³/mol. The van der Waals surface area contributed by atoms with Crippen molar-refractivity contribution in [1.82, 2.24) is 9.78 Å². The third kappa shape index (κ3) is 2.34. The minimum absolute atomic E-state index is 0.151. The maximum atomic E-state index is 12.7. The van der Waals surface area contributed by atoms with Gasteiger partial charge in [0.2, 0.25) is 0 Å². The zero-order valence-corrected chi connectivity index (χ0v) is 12.5. The average molecular weight is 324 g/mol. The first-order chi connectivity index (χ1) is 10.7. The Morgan fingerprint density at radius 1 is 1.13 bits per heavy atom. The maximum Gasteiger partial charge on any atom is 0.416 e. The number of carbonyl (C=O) groups excluding carboxylic acids is 1. The second kappa shape index (κ2) is 5.00. The van der Waals surface area contributed by atoms with Crippen LogP contribution in [0.4, 0.5) is 24.5 Å². The number of benzene rings is 1. The Labute approximate surface area is 130 Å². The van der Waals surface area contributed by atoms with Gasteiger partial charge >= 0.3 is 6.18 Å². The SMILES string of the molecule is C[C@@H]1[C@@H](C)n2ncc(N)c2C(=O)N1c1ccc(C(F)(F)F)cc1. The van der Waals surface area contributed by atoms with Crippen LogP contribution in [0.1, 0.15) is 35.9 Å². The van der Waals surface area contributed by atoms with Crippen molar-refractivity contribution in [2.75, 3.05) is 10.6 Å². The normalized spacial score (nSPS) is 21.4. The summed E-state index contributed by atoms with van der Waals surface area (Å²) >= 11 is 0. The fraction of sp³-hybridized carbons (Fsp3) is 0.333. The third-order valence-electron chi connectivity index (χ3n) is 4.21. The van der Waals surface area contributed by atoms with Gasteiger partial charge in [-0.25, -0.2) is 0 Å². The summed E-state index contributed by atoms with van der Waals surface area (Å²) in [4.78, 5) is 14.2. The molecule has 122 valence electrons. The lowest BCUT2D eigenvalue weighted by atomic mass is 10.0. The van der Waals surface area contributed by atoms with Crippen molar-refractivity contribution in [2.24, 2.45) is 0 Å². The number of nitrogens with zero attached hydrogens (tertiary/aromatic N) is 3. The molecule has 0 unspecified atom stereocenters. The molecule has 1 amide bonds. The molecule has 0 aliphatic carbocycles. The van der Waals surface area contributed by atoms with Crippen molar-refractivity contribution >= 4 is 17.3 Å². The third-order valence-corrected chi connectivity index (χ3v) is 4.21. The van der Waals surface area contributed by atoms with E-state index >= 15 is 0 Å². The van der Waals surface area contributed by atoms with Crippen molar-refractivity contribution in [2.45, 2.75) is 32.1 Å². The number of anilines is 2. The van der Waals surface area contributed by atoms with Crippen LogP contribution < -0.4 is 10.6 Å². The second-order valence-corrected chi connectivity index (χ2v) is 5.59. The molecule has 2 atom stereocenters. The largest absolute Gasteiger partial charge is 0.416 e. The minimum atomic E-state index is -4.41. The molecule has 0 saturated heterocycles. The summed E-state index contributed by atoms with van der Waals surface area (Å²) in [7, 11) is 0. The average Bonchev–Trinajstić information content (AvgIpc) is 2.87. The van der Waals surface area contributed by atoms with E-state index in [1.165, 1.54) is 23.2 Å². The topological polar surface area (TPSA) is 64.2 Å². The molecule has 2 aromatic rings. The Bertz CT molecular complexity index is 751. The van der Waals surface area contributed by atoms with E-state index in [0.717, 1.165) is 12.1 Å². The van der Waals surface area contributed by atoms with E-state index in [1.54, 1.807) is 4.68 Å². The van der Waals surface area contributed by atoms with Gasteiger partial charge in [0.15, 0.2) is 0 Å². The molecular weight excluding hydrogens is 309 g/mol. The number of rotatable bonds is 1. The first-order valence-corrected chi connectivity index (χ1v) is 7.05. The van der Waals surface area contributed by atoms with Crippen LogP contribution in [0.2, 0.25) is 0 Å². The van der Waals surface area contributed by atoms with E-state index in [-0.39, 0.29) is 29.4 Å². The van der Waals surface area contributed by atoms with Gasteiger partial charge in [-0.05, 0) is 38.1 Å². The summed E-state index contributed by atoms with van der Waals surface area (Å²) in [6.45, 7) is 3.70. The van der Waals surface area contributed by atoms with E-state index in [4.69, 9.17) is 5.73 Å². The Balaban J connectivity index is 2.03. The van der Waals surface area contributed by atoms with Crippen LogP contribution in [0.5, 0.6) is 0 Å².